The number of hydrogen-bond acceptors (Lipinski definition) is 1. The molecule has 0 aromatic carbocycles. The van der Waals surface area contributed by atoms with Gasteiger partial charge in [-0.05, 0) is 25.7 Å². The molecule has 0 rings (SSSR count). The van der Waals surface area contributed by atoms with Crippen LogP contribution >= 0.6 is 0 Å². The zero-order valence-corrected chi connectivity index (χ0v) is 10.1. The van der Waals surface area contributed by atoms with Crippen molar-refractivity contribution in [2.75, 3.05) is 0 Å². The molecule has 84 valence electrons. The fourth-order valence-corrected chi connectivity index (χ4v) is 1.57. The Hall–Kier alpha value is -0.400. The van der Waals surface area contributed by atoms with E-state index in [4.69, 9.17) is 0 Å². The van der Waals surface area contributed by atoms with Crippen LogP contribution in [0.1, 0.15) is 53.9 Å². The van der Waals surface area contributed by atoms with Gasteiger partial charge in [-0.3, -0.25) is 4.79 Å². The van der Waals surface area contributed by atoms with E-state index in [0.717, 1.165) is 12.8 Å². The minimum Gasteiger partial charge on any atom is -0.296 e. The predicted molar refractivity (Wildman–Crippen MR) is 58.0 cm³/mol. The highest BCUT2D eigenvalue weighted by Gasteiger charge is 2.33. The number of carbonyl (C=O) groups is 1. The van der Waals surface area contributed by atoms with E-state index < -0.39 is 5.67 Å². The summed E-state index contributed by atoms with van der Waals surface area (Å²) < 4.78 is 13.8. The summed E-state index contributed by atoms with van der Waals surface area (Å²) in [5.74, 6) is 0.116. The van der Waals surface area contributed by atoms with Gasteiger partial charge in [-0.2, -0.15) is 0 Å². The molecular formula is C12H23FO. The molecule has 0 aromatic rings. The lowest BCUT2D eigenvalue weighted by atomic mass is 9.88. The molecule has 0 saturated heterocycles. The van der Waals surface area contributed by atoms with Gasteiger partial charge >= 0.3 is 0 Å². The Bertz CT molecular complexity index is 183. The van der Waals surface area contributed by atoms with Crippen molar-refractivity contribution in [3.05, 3.63) is 0 Å². The monoisotopic (exact) mass is 202 g/mol. The summed E-state index contributed by atoms with van der Waals surface area (Å²) in [7, 11) is 0. The Balaban J connectivity index is 4.01. The lowest BCUT2D eigenvalue weighted by Crippen LogP contribution is -2.33. The van der Waals surface area contributed by atoms with Gasteiger partial charge in [-0.15, -0.1) is 0 Å². The molecule has 14 heavy (non-hydrogen) atoms. The third-order valence-corrected chi connectivity index (χ3v) is 2.47. The summed E-state index contributed by atoms with van der Waals surface area (Å²) in [5.41, 5.74) is -1.62. The van der Waals surface area contributed by atoms with Gasteiger partial charge in [-0.25, -0.2) is 4.39 Å². The standard InChI is InChI=1S/C12H23FO/c1-9(2)7-6-8-12(5,13)11(14)10(3)4/h9-10H,6-8H2,1-5H3. The Morgan fingerprint density at radius 3 is 2.14 bits per heavy atom. The Kier molecular flexibility index (Phi) is 5.32. The number of ketones is 1. The largest absolute Gasteiger partial charge is 0.296 e. The van der Waals surface area contributed by atoms with Gasteiger partial charge < -0.3 is 0 Å². The van der Waals surface area contributed by atoms with E-state index in [1.807, 2.05) is 0 Å². The molecule has 0 fully saturated rings. The molecule has 0 N–H and O–H groups in total. The SMILES string of the molecule is CC(C)CCCC(C)(F)C(=O)C(C)C. The van der Waals surface area contributed by atoms with Crippen LogP contribution in [0.3, 0.4) is 0 Å². The van der Waals surface area contributed by atoms with E-state index in [2.05, 4.69) is 13.8 Å². The zero-order chi connectivity index (χ0) is 11.4. The number of Topliss-reactive ketones (excluding diaryl/α,β-unsaturated/α-hetero) is 1. The number of carbonyl (C=O) groups excluding carboxylic acids is 1. The highest BCUT2D eigenvalue weighted by molar-refractivity contribution is 5.88. The predicted octanol–water partition coefficient (Wildman–Crippen LogP) is 3.77. The molecular weight excluding hydrogens is 179 g/mol. The summed E-state index contributed by atoms with van der Waals surface area (Å²) >= 11 is 0. The van der Waals surface area contributed by atoms with Crippen molar-refractivity contribution in [2.45, 2.75) is 59.5 Å². The van der Waals surface area contributed by atoms with Crippen LogP contribution in [-0.2, 0) is 4.79 Å². The first kappa shape index (κ1) is 13.6. The summed E-state index contributed by atoms with van der Waals surface area (Å²) in [6.45, 7) is 9.14. The first-order valence-corrected chi connectivity index (χ1v) is 5.50. The molecule has 0 aliphatic rings. The Morgan fingerprint density at radius 2 is 1.79 bits per heavy atom. The second-order valence-electron chi connectivity index (χ2n) is 5.00. The molecule has 0 heterocycles. The lowest BCUT2D eigenvalue weighted by Gasteiger charge is -2.21. The zero-order valence-electron chi connectivity index (χ0n) is 10.1. The molecule has 0 spiro atoms. The fourth-order valence-electron chi connectivity index (χ4n) is 1.57. The van der Waals surface area contributed by atoms with Gasteiger partial charge in [0.05, 0.1) is 0 Å². The third-order valence-electron chi connectivity index (χ3n) is 2.47. The van der Waals surface area contributed by atoms with Gasteiger partial charge in [0, 0.05) is 5.92 Å². The highest BCUT2D eigenvalue weighted by Crippen LogP contribution is 2.24. The average Bonchev–Trinajstić information content (AvgIpc) is 2.01. The van der Waals surface area contributed by atoms with E-state index in [0.29, 0.717) is 12.3 Å². The van der Waals surface area contributed by atoms with Crippen LogP contribution in [0.4, 0.5) is 4.39 Å². The van der Waals surface area contributed by atoms with Crippen LogP contribution in [0.25, 0.3) is 0 Å². The minimum absolute atomic E-state index is 0.205. The molecule has 2 heteroatoms. The molecule has 1 nitrogen and oxygen atoms in total. The van der Waals surface area contributed by atoms with Gasteiger partial charge in [0.15, 0.2) is 11.5 Å². The van der Waals surface area contributed by atoms with Crippen LogP contribution in [0.2, 0.25) is 0 Å². The van der Waals surface area contributed by atoms with Gasteiger partial charge in [0.2, 0.25) is 0 Å². The van der Waals surface area contributed by atoms with Gasteiger partial charge in [-0.1, -0.05) is 34.1 Å². The molecule has 1 unspecified atom stereocenters. The third kappa shape index (κ3) is 4.73. The van der Waals surface area contributed by atoms with Crippen molar-refractivity contribution in [1.29, 1.82) is 0 Å². The first-order chi connectivity index (χ1) is 6.27. The normalized spacial score (nSPS) is 16.0. The quantitative estimate of drug-likeness (QED) is 0.641. The molecule has 1 atom stereocenters. The van der Waals surface area contributed by atoms with Crippen LogP contribution in [0, 0.1) is 11.8 Å². The van der Waals surface area contributed by atoms with Crippen molar-refractivity contribution >= 4 is 5.78 Å². The molecule has 0 amide bonds. The number of rotatable bonds is 6. The summed E-state index contributed by atoms with van der Waals surface area (Å²) in [5, 5.41) is 0. The molecule has 0 radical (unpaired) electrons. The second kappa shape index (κ2) is 5.47. The van der Waals surface area contributed by atoms with E-state index in [-0.39, 0.29) is 11.7 Å². The van der Waals surface area contributed by atoms with Crippen molar-refractivity contribution in [3.63, 3.8) is 0 Å². The number of halogens is 1. The van der Waals surface area contributed by atoms with Crippen LogP contribution < -0.4 is 0 Å². The fraction of sp³-hybridized carbons (Fsp3) is 0.917. The maximum absolute atomic E-state index is 13.8. The Labute approximate surface area is 87.1 Å². The smallest absolute Gasteiger partial charge is 0.172 e. The van der Waals surface area contributed by atoms with Gasteiger partial charge in [0.1, 0.15) is 0 Å². The molecule has 0 aromatic heterocycles. The lowest BCUT2D eigenvalue weighted by molar-refractivity contribution is -0.133. The average molecular weight is 202 g/mol. The summed E-state index contributed by atoms with van der Waals surface area (Å²) in [4.78, 5) is 11.5. The maximum atomic E-state index is 13.8. The van der Waals surface area contributed by atoms with E-state index in [1.165, 1.54) is 6.92 Å². The second-order valence-corrected chi connectivity index (χ2v) is 5.00. The van der Waals surface area contributed by atoms with Crippen LogP contribution in [0.5, 0.6) is 0 Å². The van der Waals surface area contributed by atoms with Crippen molar-refractivity contribution < 1.29 is 9.18 Å². The van der Waals surface area contributed by atoms with E-state index in [9.17, 15) is 9.18 Å². The van der Waals surface area contributed by atoms with E-state index in [1.54, 1.807) is 13.8 Å². The van der Waals surface area contributed by atoms with Crippen LogP contribution in [0.15, 0.2) is 0 Å². The van der Waals surface area contributed by atoms with Crippen molar-refractivity contribution in [3.8, 4) is 0 Å². The summed E-state index contributed by atoms with van der Waals surface area (Å²) in [6, 6.07) is 0. The highest BCUT2D eigenvalue weighted by atomic mass is 19.1. The topological polar surface area (TPSA) is 17.1 Å². The molecule has 0 aliphatic heterocycles. The van der Waals surface area contributed by atoms with E-state index >= 15 is 0 Å². The first-order valence-electron chi connectivity index (χ1n) is 5.50. The number of hydrogen-bond donors (Lipinski definition) is 0. The van der Waals surface area contributed by atoms with Gasteiger partial charge in [0.25, 0.3) is 0 Å². The van der Waals surface area contributed by atoms with Crippen molar-refractivity contribution in [2.24, 2.45) is 11.8 Å². The Morgan fingerprint density at radius 1 is 1.29 bits per heavy atom. The molecule has 0 bridgehead atoms. The number of alkyl halides is 1. The summed E-state index contributed by atoms with van der Waals surface area (Å²) in [6.07, 6.45) is 2.15. The molecule has 0 aliphatic carbocycles. The maximum Gasteiger partial charge on any atom is 0.172 e. The van der Waals surface area contributed by atoms with Crippen molar-refractivity contribution in [1.82, 2.24) is 0 Å². The molecule has 0 saturated carbocycles. The van der Waals surface area contributed by atoms with Crippen LogP contribution in [-0.4, -0.2) is 11.5 Å². The minimum atomic E-state index is -1.62.